The maximum absolute atomic E-state index is 9.52. The van der Waals surface area contributed by atoms with Gasteiger partial charge >= 0.3 is 0 Å². The molecule has 4 heterocycles. The van der Waals surface area contributed by atoms with E-state index in [0.717, 1.165) is 60.3 Å². The number of nitriles is 1. The molecule has 2 aromatic heterocycles. The Bertz CT molecular complexity index is 1310. The lowest BCUT2D eigenvalue weighted by Gasteiger charge is -2.38. The van der Waals surface area contributed by atoms with Crippen LogP contribution in [0, 0.1) is 23.7 Å². The zero-order valence-electron chi connectivity index (χ0n) is 20.7. The Morgan fingerprint density at radius 3 is 2.69 bits per heavy atom. The summed E-state index contributed by atoms with van der Waals surface area (Å²) in [7, 11) is 3.66. The average molecular weight is 470 g/mol. The summed E-state index contributed by atoms with van der Waals surface area (Å²) < 4.78 is 7.69. The monoisotopic (exact) mass is 469 g/mol. The molecule has 0 saturated carbocycles. The molecule has 0 spiro atoms. The second-order valence-electron chi connectivity index (χ2n) is 9.65. The molecule has 1 N–H and O–H groups in total. The van der Waals surface area contributed by atoms with Gasteiger partial charge < -0.3 is 14.2 Å². The van der Waals surface area contributed by atoms with Crippen LogP contribution in [0.1, 0.15) is 36.6 Å². The number of rotatable bonds is 5. The number of benzene rings is 1. The second kappa shape index (κ2) is 8.99. The molecule has 8 nitrogen and oxygen atoms in total. The van der Waals surface area contributed by atoms with Gasteiger partial charge in [0.1, 0.15) is 17.4 Å². The second-order valence-corrected chi connectivity index (χ2v) is 9.65. The summed E-state index contributed by atoms with van der Waals surface area (Å²) in [6.45, 7) is 6.45. The van der Waals surface area contributed by atoms with Gasteiger partial charge in [-0.2, -0.15) is 5.26 Å². The summed E-state index contributed by atoms with van der Waals surface area (Å²) in [5.74, 6) is 2.66. The van der Waals surface area contributed by atoms with Crippen LogP contribution in [0.15, 0.2) is 42.9 Å². The number of hydrogen-bond acceptors (Lipinski definition) is 7. The van der Waals surface area contributed by atoms with Crippen molar-refractivity contribution in [1.29, 1.82) is 5.26 Å². The normalized spacial score (nSPS) is 16.5. The zero-order valence-corrected chi connectivity index (χ0v) is 20.7. The number of pyridine rings is 1. The van der Waals surface area contributed by atoms with Gasteiger partial charge in [-0.1, -0.05) is 0 Å². The number of aromatic nitrogens is 3. The first-order chi connectivity index (χ1) is 16.9. The number of imidazole rings is 1. The SMILES string of the molecule is COc1cc(-c2nccn2C)ccc1NN1C=Cc2cc(C)nc(N3CCC(C)(C#N)CC3)c2C1. The summed E-state index contributed by atoms with van der Waals surface area (Å²) >= 11 is 0. The van der Waals surface area contributed by atoms with Crippen LogP contribution in [0.2, 0.25) is 0 Å². The summed E-state index contributed by atoms with van der Waals surface area (Å²) in [4.78, 5) is 11.7. The van der Waals surface area contributed by atoms with Crippen molar-refractivity contribution in [2.75, 3.05) is 30.5 Å². The van der Waals surface area contributed by atoms with E-state index in [1.165, 1.54) is 11.1 Å². The molecule has 2 aliphatic heterocycles. The molecule has 0 aliphatic carbocycles. The van der Waals surface area contributed by atoms with Crippen molar-refractivity contribution in [2.24, 2.45) is 12.5 Å². The van der Waals surface area contributed by atoms with Crippen molar-refractivity contribution in [3.8, 4) is 23.2 Å². The largest absolute Gasteiger partial charge is 0.494 e. The molecule has 0 amide bonds. The van der Waals surface area contributed by atoms with E-state index in [1.54, 1.807) is 13.3 Å². The predicted molar refractivity (Wildman–Crippen MR) is 138 cm³/mol. The molecule has 8 heteroatoms. The molecule has 1 aromatic carbocycles. The molecule has 1 fully saturated rings. The summed E-state index contributed by atoms with van der Waals surface area (Å²) in [6, 6.07) is 10.7. The number of nitrogens with zero attached hydrogens (tertiary/aromatic N) is 6. The third-order valence-electron chi connectivity index (χ3n) is 7.01. The highest BCUT2D eigenvalue weighted by atomic mass is 16.5. The fourth-order valence-electron chi connectivity index (χ4n) is 4.80. The minimum Gasteiger partial charge on any atom is -0.494 e. The predicted octanol–water partition coefficient (Wildman–Crippen LogP) is 4.74. The molecular weight excluding hydrogens is 438 g/mol. The van der Waals surface area contributed by atoms with Crippen molar-refractivity contribution in [1.82, 2.24) is 19.5 Å². The Hall–Kier alpha value is -3.99. The van der Waals surface area contributed by atoms with Crippen LogP contribution in [0.3, 0.4) is 0 Å². The number of hydrogen-bond donors (Lipinski definition) is 1. The molecule has 5 rings (SSSR count). The van der Waals surface area contributed by atoms with E-state index in [9.17, 15) is 5.26 Å². The Labute approximate surface area is 206 Å². The van der Waals surface area contributed by atoms with Gasteiger partial charge in [-0.3, -0.25) is 10.4 Å². The summed E-state index contributed by atoms with van der Waals surface area (Å²) in [6.07, 6.45) is 9.61. The molecule has 3 aromatic rings. The molecule has 0 unspecified atom stereocenters. The van der Waals surface area contributed by atoms with Crippen molar-refractivity contribution >= 4 is 17.6 Å². The van der Waals surface area contributed by atoms with Gasteiger partial charge in [0.15, 0.2) is 0 Å². The fraction of sp³-hybridized carbons (Fsp3) is 0.370. The lowest BCUT2D eigenvalue weighted by atomic mass is 9.82. The number of hydrazine groups is 1. The molecule has 0 radical (unpaired) electrons. The van der Waals surface area contributed by atoms with E-state index in [-0.39, 0.29) is 5.41 Å². The first-order valence-corrected chi connectivity index (χ1v) is 11.9. The van der Waals surface area contributed by atoms with Crippen LogP contribution in [0.4, 0.5) is 11.5 Å². The van der Waals surface area contributed by atoms with Gasteiger partial charge in [0.05, 0.1) is 30.8 Å². The standard InChI is InChI=1S/C27H31N7O/c1-19-15-20-7-11-34(17-22(20)26(30-19)33-12-8-27(2,18-28)9-13-33)31-23-6-5-21(16-24(23)35-4)25-29-10-14-32(25)3/h5-7,10-11,14-16,31H,8-9,12-13,17H2,1-4H3. The van der Waals surface area contributed by atoms with E-state index >= 15 is 0 Å². The average Bonchev–Trinajstić information content (AvgIpc) is 3.30. The molecule has 1 saturated heterocycles. The number of anilines is 2. The lowest BCUT2D eigenvalue weighted by molar-refractivity contribution is 0.335. The van der Waals surface area contributed by atoms with E-state index in [0.29, 0.717) is 6.54 Å². The zero-order chi connectivity index (χ0) is 24.6. The minimum atomic E-state index is -0.245. The van der Waals surface area contributed by atoms with E-state index in [1.807, 2.05) is 42.9 Å². The quantitative estimate of drug-likeness (QED) is 0.578. The summed E-state index contributed by atoms with van der Waals surface area (Å²) in [5, 5.41) is 11.6. The molecular formula is C27H31N7O. The summed E-state index contributed by atoms with van der Waals surface area (Å²) in [5.41, 5.74) is 8.51. The van der Waals surface area contributed by atoms with Crippen molar-refractivity contribution in [2.45, 2.75) is 33.2 Å². The van der Waals surface area contributed by atoms with E-state index in [2.05, 4.69) is 51.7 Å². The Kier molecular flexibility index (Phi) is 5.85. The van der Waals surface area contributed by atoms with E-state index < -0.39 is 0 Å². The van der Waals surface area contributed by atoms with Crippen molar-refractivity contribution in [3.05, 3.63) is 59.7 Å². The van der Waals surface area contributed by atoms with Gasteiger partial charge in [-0.05, 0) is 62.6 Å². The van der Waals surface area contributed by atoms with Crippen LogP contribution in [-0.4, -0.2) is 39.7 Å². The van der Waals surface area contributed by atoms with Gasteiger partial charge in [0.2, 0.25) is 0 Å². The minimum absolute atomic E-state index is 0.245. The fourth-order valence-corrected chi connectivity index (χ4v) is 4.80. The highest BCUT2D eigenvalue weighted by Crippen LogP contribution is 2.36. The third-order valence-corrected chi connectivity index (χ3v) is 7.01. The van der Waals surface area contributed by atoms with Crippen LogP contribution in [-0.2, 0) is 13.6 Å². The molecule has 0 atom stereocenters. The first kappa shape index (κ1) is 22.8. The number of fused-ring (bicyclic) bond motifs is 1. The van der Waals surface area contributed by atoms with Crippen LogP contribution < -0.4 is 15.1 Å². The van der Waals surface area contributed by atoms with Crippen molar-refractivity contribution in [3.63, 3.8) is 0 Å². The Morgan fingerprint density at radius 1 is 1.20 bits per heavy atom. The smallest absolute Gasteiger partial charge is 0.144 e. The number of piperidine rings is 1. The maximum atomic E-state index is 9.52. The molecule has 180 valence electrons. The highest BCUT2D eigenvalue weighted by Gasteiger charge is 2.32. The lowest BCUT2D eigenvalue weighted by Crippen LogP contribution is -2.40. The van der Waals surface area contributed by atoms with Gasteiger partial charge in [-0.25, -0.2) is 9.97 Å². The number of methoxy groups -OCH3 is 1. The molecule has 0 bridgehead atoms. The maximum Gasteiger partial charge on any atom is 0.144 e. The number of aryl methyl sites for hydroxylation is 2. The number of ether oxygens (including phenoxy) is 1. The highest BCUT2D eigenvalue weighted by molar-refractivity contribution is 5.69. The van der Waals surface area contributed by atoms with E-state index in [4.69, 9.17) is 9.72 Å². The topological polar surface area (TPSA) is 82.2 Å². The van der Waals surface area contributed by atoms with Gasteiger partial charge in [-0.15, -0.1) is 0 Å². The van der Waals surface area contributed by atoms with Gasteiger partial charge in [0.25, 0.3) is 0 Å². The van der Waals surface area contributed by atoms with Gasteiger partial charge in [0, 0.05) is 55.6 Å². The Balaban J connectivity index is 1.38. The number of nitrogens with one attached hydrogen (secondary N) is 1. The molecule has 2 aliphatic rings. The van der Waals surface area contributed by atoms with Crippen LogP contribution >= 0.6 is 0 Å². The molecule has 35 heavy (non-hydrogen) atoms. The first-order valence-electron chi connectivity index (χ1n) is 11.9. The third kappa shape index (κ3) is 4.42. The van der Waals surface area contributed by atoms with Crippen LogP contribution in [0.25, 0.3) is 17.5 Å². The van der Waals surface area contributed by atoms with Crippen LogP contribution in [0.5, 0.6) is 5.75 Å². The Morgan fingerprint density at radius 2 is 2.00 bits per heavy atom. The van der Waals surface area contributed by atoms with Crippen molar-refractivity contribution < 1.29 is 4.74 Å².